The van der Waals surface area contributed by atoms with Crippen molar-refractivity contribution in [3.05, 3.63) is 50.1 Å². The van der Waals surface area contributed by atoms with E-state index in [1.54, 1.807) is 0 Å². The van der Waals surface area contributed by atoms with Crippen molar-refractivity contribution in [1.82, 2.24) is 15.3 Å². The number of carbonyl (C=O) groups excluding carboxylic acids is 2. The van der Waals surface area contributed by atoms with Crippen LogP contribution in [0.5, 0.6) is 5.75 Å². The number of carbonyl (C=O) groups is 2. The van der Waals surface area contributed by atoms with Gasteiger partial charge in [-0.3, -0.25) is 14.4 Å². The maximum absolute atomic E-state index is 14.2. The number of hydrogen-bond acceptors (Lipinski definition) is 6. The van der Waals surface area contributed by atoms with E-state index in [1.807, 2.05) is 13.8 Å². The lowest BCUT2D eigenvalue weighted by Gasteiger charge is -2.19. The van der Waals surface area contributed by atoms with Gasteiger partial charge in [0.1, 0.15) is 16.4 Å². The summed E-state index contributed by atoms with van der Waals surface area (Å²) < 4.78 is 19.4. The largest absolute Gasteiger partial charge is 0.481 e. The first-order valence-corrected chi connectivity index (χ1v) is 9.18. The number of ether oxygens (including phenoxy) is 1. The Morgan fingerprint density at radius 1 is 1.36 bits per heavy atom. The molecule has 0 bridgehead atoms. The van der Waals surface area contributed by atoms with E-state index in [-0.39, 0.29) is 36.2 Å². The number of amides is 2. The second-order valence-corrected chi connectivity index (χ2v) is 7.54. The van der Waals surface area contributed by atoms with Crippen molar-refractivity contribution in [2.45, 2.75) is 20.4 Å². The summed E-state index contributed by atoms with van der Waals surface area (Å²) in [5.74, 6) is -1.48. The van der Waals surface area contributed by atoms with Crippen molar-refractivity contribution >= 4 is 39.1 Å². The molecule has 3 aromatic rings. The fourth-order valence-corrected chi connectivity index (χ4v) is 3.93. The smallest absolute Gasteiger partial charge is 0.287 e. The number of rotatable bonds is 3. The number of aromatic nitrogens is 2. The number of fused-ring (bicyclic) bond motifs is 2. The molecule has 3 heterocycles. The van der Waals surface area contributed by atoms with Crippen molar-refractivity contribution < 1.29 is 18.7 Å². The first-order chi connectivity index (χ1) is 13.3. The summed E-state index contributed by atoms with van der Waals surface area (Å²) in [5, 5.41) is 5.58. The van der Waals surface area contributed by atoms with Gasteiger partial charge in [0, 0.05) is 23.1 Å². The number of H-pyrrole nitrogens is 1. The number of anilines is 1. The maximum Gasteiger partial charge on any atom is 0.287 e. The standard InChI is InChI=1S/C18H15FN4O4S/c1-7-8(2)28-18-14(7)16(25)22-15(23-18)17(26)20-5-9-3-11-12(4-10(9)19)27-6-13(24)21-11/h3-4H,5-6H2,1-2H3,(H,20,26)(H,21,24)(H,22,23,25). The van der Waals surface area contributed by atoms with Gasteiger partial charge in [0.2, 0.25) is 5.82 Å². The second-order valence-electron chi connectivity index (χ2n) is 6.34. The van der Waals surface area contributed by atoms with Gasteiger partial charge >= 0.3 is 0 Å². The molecule has 2 amide bonds. The van der Waals surface area contributed by atoms with E-state index >= 15 is 0 Å². The van der Waals surface area contributed by atoms with Crippen LogP contribution in [0.4, 0.5) is 10.1 Å². The molecule has 28 heavy (non-hydrogen) atoms. The lowest BCUT2D eigenvalue weighted by Crippen LogP contribution is -2.28. The van der Waals surface area contributed by atoms with Crippen molar-refractivity contribution in [3.63, 3.8) is 0 Å². The molecule has 0 aliphatic carbocycles. The zero-order valence-corrected chi connectivity index (χ0v) is 15.8. The van der Waals surface area contributed by atoms with Crippen molar-refractivity contribution in [1.29, 1.82) is 0 Å². The number of nitrogens with zero attached hydrogens (tertiary/aromatic N) is 1. The molecule has 0 saturated carbocycles. The van der Waals surface area contributed by atoms with Gasteiger partial charge in [0.25, 0.3) is 17.4 Å². The Hall–Kier alpha value is -3.27. The highest BCUT2D eigenvalue weighted by atomic mass is 32.1. The fourth-order valence-electron chi connectivity index (χ4n) is 2.90. The summed E-state index contributed by atoms with van der Waals surface area (Å²) in [6, 6.07) is 2.55. The molecule has 1 aliphatic heterocycles. The van der Waals surface area contributed by atoms with Crippen LogP contribution in [0.2, 0.25) is 0 Å². The normalized spacial score (nSPS) is 13.0. The molecule has 0 fully saturated rings. The van der Waals surface area contributed by atoms with E-state index in [0.29, 0.717) is 15.9 Å². The van der Waals surface area contributed by atoms with Gasteiger partial charge in [-0.1, -0.05) is 0 Å². The van der Waals surface area contributed by atoms with Gasteiger partial charge in [-0.2, -0.15) is 0 Å². The van der Waals surface area contributed by atoms with Crippen molar-refractivity contribution in [2.24, 2.45) is 0 Å². The zero-order valence-electron chi connectivity index (χ0n) is 14.9. The van der Waals surface area contributed by atoms with Crippen LogP contribution in [-0.2, 0) is 11.3 Å². The van der Waals surface area contributed by atoms with Crippen LogP contribution >= 0.6 is 11.3 Å². The van der Waals surface area contributed by atoms with Crippen LogP contribution in [0.25, 0.3) is 10.2 Å². The molecule has 0 radical (unpaired) electrons. The van der Waals surface area contributed by atoms with Gasteiger partial charge in [0.05, 0.1) is 11.1 Å². The van der Waals surface area contributed by atoms with E-state index < -0.39 is 17.3 Å². The molecule has 2 aromatic heterocycles. The SMILES string of the molecule is Cc1sc2nc(C(=O)NCc3cc4c(cc3F)OCC(=O)N4)[nH]c(=O)c2c1C. The Morgan fingerprint density at radius 2 is 2.14 bits per heavy atom. The minimum Gasteiger partial charge on any atom is -0.481 e. The Morgan fingerprint density at radius 3 is 2.93 bits per heavy atom. The number of benzene rings is 1. The second kappa shape index (κ2) is 6.71. The Kier molecular flexibility index (Phi) is 4.34. The summed E-state index contributed by atoms with van der Waals surface area (Å²) in [5.41, 5.74) is 0.932. The van der Waals surface area contributed by atoms with Crippen molar-refractivity contribution in [3.8, 4) is 5.75 Å². The molecular weight excluding hydrogens is 387 g/mol. The molecule has 8 nitrogen and oxygen atoms in total. The van der Waals surface area contributed by atoms with Gasteiger partial charge in [-0.05, 0) is 25.5 Å². The minimum absolute atomic E-state index is 0.145. The van der Waals surface area contributed by atoms with Gasteiger partial charge in [0.15, 0.2) is 6.61 Å². The average Bonchev–Trinajstić information content (AvgIpc) is 2.94. The minimum atomic E-state index is -0.639. The number of aryl methyl sites for hydroxylation is 2. The van der Waals surface area contributed by atoms with E-state index in [9.17, 15) is 18.8 Å². The summed E-state index contributed by atoms with van der Waals surface area (Å²) in [6.45, 7) is 3.37. The monoisotopic (exact) mass is 402 g/mol. The van der Waals surface area contributed by atoms with Crippen LogP contribution in [-0.4, -0.2) is 28.4 Å². The number of hydrogen-bond donors (Lipinski definition) is 3. The molecule has 10 heteroatoms. The molecule has 1 aliphatic rings. The summed E-state index contributed by atoms with van der Waals surface area (Å²) in [6.07, 6.45) is 0. The van der Waals surface area contributed by atoms with E-state index in [2.05, 4.69) is 20.6 Å². The molecule has 3 N–H and O–H groups in total. The van der Waals surface area contributed by atoms with E-state index in [4.69, 9.17) is 4.74 Å². The third-order valence-electron chi connectivity index (χ3n) is 4.48. The summed E-state index contributed by atoms with van der Waals surface area (Å²) in [4.78, 5) is 44.2. The number of nitrogens with one attached hydrogen (secondary N) is 3. The maximum atomic E-state index is 14.2. The number of thiophene rings is 1. The molecular formula is C18H15FN4O4S. The molecule has 0 saturated heterocycles. The molecule has 0 spiro atoms. The first kappa shape index (κ1) is 18.1. The van der Waals surface area contributed by atoms with E-state index in [1.165, 1.54) is 17.4 Å². The summed E-state index contributed by atoms with van der Waals surface area (Å²) >= 11 is 1.33. The number of halogens is 1. The predicted octanol–water partition coefficient (Wildman–Crippen LogP) is 2.00. The molecule has 0 atom stereocenters. The Labute approximate surface area is 161 Å². The van der Waals surface area contributed by atoms with Crippen LogP contribution in [0, 0.1) is 19.7 Å². The highest BCUT2D eigenvalue weighted by Crippen LogP contribution is 2.30. The van der Waals surface area contributed by atoms with Gasteiger partial charge in [-0.15, -0.1) is 11.3 Å². The Bertz CT molecular complexity index is 1200. The quantitative estimate of drug-likeness (QED) is 0.620. The lowest BCUT2D eigenvalue weighted by atomic mass is 10.1. The number of aromatic amines is 1. The Balaban J connectivity index is 1.57. The van der Waals surface area contributed by atoms with Crippen LogP contribution in [0.3, 0.4) is 0 Å². The topological polar surface area (TPSA) is 113 Å². The molecule has 1 aromatic carbocycles. The fraction of sp³-hybridized carbons (Fsp3) is 0.222. The van der Waals surface area contributed by atoms with Crippen LogP contribution < -0.4 is 20.9 Å². The highest BCUT2D eigenvalue weighted by molar-refractivity contribution is 7.18. The average molecular weight is 402 g/mol. The molecule has 144 valence electrons. The predicted molar refractivity (Wildman–Crippen MR) is 101 cm³/mol. The van der Waals surface area contributed by atoms with Crippen LogP contribution in [0.15, 0.2) is 16.9 Å². The third kappa shape index (κ3) is 3.11. The van der Waals surface area contributed by atoms with Crippen molar-refractivity contribution in [2.75, 3.05) is 11.9 Å². The van der Waals surface area contributed by atoms with E-state index in [0.717, 1.165) is 16.5 Å². The zero-order chi connectivity index (χ0) is 20.0. The molecule has 4 rings (SSSR count). The van der Waals surface area contributed by atoms with Gasteiger partial charge < -0.3 is 20.4 Å². The highest BCUT2D eigenvalue weighted by Gasteiger charge is 2.20. The van der Waals surface area contributed by atoms with Crippen LogP contribution in [0.1, 0.15) is 26.6 Å². The first-order valence-electron chi connectivity index (χ1n) is 8.36. The third-order valence-corrected chi connectivity index (χ3v) is 5.58. The lowest BCUT2D eigenvalue weighted by molar-refractivity contribution is -0.118. The molecule has 0 unspecified atom stereocenters. The van der Waals surface area contributed by atoms with Gasteiger partial charge in [-0.25, -0.2) is 9.37 Å². The summed E-state index contributed by atoms with van der Waals surface area (Å²) in [7, 11) is 0.